The van der Waals surface area contributed by atoms with E-state index >= 15 is 0 Å². The smallest absolute Gasteiger partial charge is 0.339 e. The van der Waals surface area contributed by atoms with E-state index in [9.17, 15) is 9.90 Å². The first-order valence-corrected chi connectivity index (χ1v) is 7.29. The highest BCUT2D eigenvalue weighted by molar-refractivity contribution is 14.1. The minimum absolute atomic E-state index is 0.0563. The van der Waals surface area contributed by atoms with Gasteiger partial charge in [-0.15, -0.1) is 0 Å². The summed E-state index contributed by atoms with van der Waals surface area (Å²) >= 11 is 5.29. The molecule has 0 atom stereocenters. The van der Waals surface area contributed by atoms with Crippen molar-refractivity contribution in [1.82, 2.24) is 0 Å². The second-order valence-electron chi connectivity index (χ2n) is 3.77. The van der Waals surface area contributed by atoms with Gasteiger partial charge in [-0.3, -0.25) is 0 Å². The Bertz CT molecular complexity index is 725. The van der Waals surface area contributed by atoms with Gasteiger partial charge in [0.05, 0.1) is 0 Å². The van der Waals surface area contributed by atoms with Crippen LogP contribution in [-0.2, 0) is 0 Å². The maximum Gasteiger partial charge on any atom is 0.339 e. The molecule has 0 spiro atoms. The molecule has 100 valence electrons. The number of carboxylic acid groups (broad SMARTS) is 1. The molecule has 4 nitrogen and oxygen atoms in total. The molecule has 0 radical (unpaired) electrons. The second kappa shape index (κ2) is 6.24. The molecule has 6 heteroatoms. The number of aromatic carboxylic acids is 1. The van der Waals surface area contributed by atoms with Crippen LogP contribution < -0.4 is 4.74 Å². The molecular weight excluding hydrogens is 437 g/mol. The van der Waals surface area contributed by atoms with Gasteiger partial charge in [0, 0.05) is 8.04 Å². The number of ether oxygens (including phenoxy) is 1. The van der Waals surface area contributed by atoms with Crippen LogP contribution in [-0.4, -0.2) is 11.1 Å². The Balaban J connectivity index is 2.49. The largest absolute Gasteiger partial charge is 0.478 e. The molecule has 0 saturated heterocycles. The van der Waals surface area contributed by atoms with Crippen molar-refractivity contribution in [2.45, 2.75) is 0 Å². The lowest BCUT2D eigenvalue weighted by Gasteiger charge is -2.11. The molecule has 0 saturated carbocycles. The van der Waals surface area contributed by atoms with E-state index in [1.807, 2.05) is 28.7 Å². The third-order valence-electron chi connectivity index (χ3n) is 2.48. The number of rotatable bonds is 3. The third-order valence-corrected chi connectivity index (χ3v) is 3.81. The number of hydrogen-bond acceptors (Lipinski definition) is 3. The number of hydrogen-bond donors (Lipinski definition) is 1. The Morgan fingerprint density at radius 2 is 2.05 bits per heavy atom. The molecular formula is C14H7BrINO3. The van der Waals surface area contributed by atoms with Gasteiger partial charge in [0.15, 0.2) is 0 Å². The summed E-state index contributed by atoms with van der Waals surface area (Å²) in [5, 5.41) is 18.3. The first-order chi connectivity index (χ1) is 9.52. The van der Waals surface area contributed by atoms with Crippen molar-refractivity contribution in [2.24, 2.45) is 0 Å². The highest BCUT2D eigenvalue weighted by atomic mass is 127. The van der Waals surface area contributed by atoms with Crippen LogP contribution in [0.15, 0.2) is 40.9 Å². The third kappa shape index (κ3) is 3.11. The lowest BCUT2D eigenvalue weighted by atomic mass is 10.2. The number of nitrogens with zero attached hydrogens (tertiary/aromatic N) is 1. The molecule has 0 amide bonds. The summed E-state index contributed by atoms with van der Waals surface area (Å²) in [6.45, 7) is 0. The zero-order chi connectivity index (χ0) is 14.7. The van der Waals surface area contributed by atoms with E-state index in [0.29, 0.717) is 15.8 Å². The highest BCUT2D eigenvalue weighted by Gasteiger charge is 2.15. The first kappa shape index (κ1) is 14.8. The molecule has 0 aliphatic carbocycles. The summed E-state index contributed by atoms with van der Waals surface area (Å²) in [6, 6.07) is 11.9. The van der Waals surface area contributed by atoms with E-state index in [2.05, 4.69) is 15.9 Å². The number of benzene rings is 2. The molecule has 0 aliphatic rings. The topological polar surface area (TPSA) is 70.3 Å². The zero-order valence-electron chi connectivity index (χ0n) is 9.93. The molecule has 2 aromatic rings. The van der Waals surface area contributed by atoms with Crippen molar-refractivity contribution < 1.29 is 14.6 Å². The molecule has 2 aromatic carbocycles. The first-order valence-electron chi connectivity index (χ1n) is 5.42. The predicted molar refractivity (Wildman–Crippen MR) is 85.0 cm³/mol. The molecule has 2 rings (SSSR count). The van der Waals surface area contributed by atoms with E-state index in [1.165, 1.54) is 6.07 Å². The predicted octanol–water partition coefficient (Wildman–Crippen LogP) is 4.42. The molecule has 0 aliphatic heterocycles. The van der Waals surface area contributed by atoms with E-state index in [1.54, 1.807) is 30.3 Å². The van der Waals surface area contributed by atoms with Crippen LogP contribution in [0.4, 0.5) is 0 Å². The minimum atomic E-state index is -1.08. The van der Waals surface area contributed by atoms with E-state index < -0.39 is 5.97 Å². The Morgan fingerprint density at radius 3 is 2.70 bits per heavy atom. The maximum absolute atomic E-state index is 11.2. The molecule has 0 unspecified atom stereocenters. The van der Waals surface area contributed by atoms with Gasteiger partial charge in [-0.25, -0.2) is 4.79 Å². The monoisotopic (exact) mass is 443 g/mol. The lowest BCUT2D eigenvalue weighted by Crippen LogP contribution is -2.01. The quantitative estimate of drug-likeness (QED) is 0.713. The van der Waals surface area contributed by atoms with Gasteiger partial charge < -0.3 is 9.84 Å². The van der Waals surface area contributed by atoms with Gasteiger partial charge in [0.25, 0.3) is 0 Å². The number of carboxylic acids is 1. The SMILES string of the molecule is N#Cc1c(Br)cccc1Oc1ccc(I)cc1C(=O)O. The molecule has 20 heavy (non-hydrogen) atoms. The summed E-state index contributed by atoms with van der Waals surface area (Å²) < 4.78 is 6.98. The molecule has 0 bridgehead atoms. The molecule has 0 aromatic heterocycles. The average molecular weight is 444 g/mol. The minimum Gasteiger partial charge on any atom is -0.478 e. The van der Waals surface area contributed by atoms with Crippen LogP contribution in [0.3, 0.4) is 0 Å². The Labute approximate surface area is 137 Å². The standard InChI is InChI=1S/C14H7BrINO3/c15-11-2-1-3-12(10(11)7-17)20-13-5-4-8(16)6-9(13)14(18)19/h1-6H,(H,18,19). The number of halogens is 2. The van der Waals surface area contributed by atoms with Crippen LogP contribution >= 0.6 is 38.5 Å². The summed E-state index contributed by atoms with van der Waals surface area (Å²) in [5.41, 5.74) is 0.378. The fourth-order valence-corrected chi connectivity index (χ4v) is 2.50. The van der Waals surface area contributed by atoms with E-state index in [-0.39, 0.29) is 11.3 Å². The summed E-state index contributed by atoms with van der Waals surface area (Å²) in [4.78, 5) is 11.2. The summed E-state index contributed by atoms with van der Waals surface area (Å²) in [5.74, 6) is -0.565. The van der Waals surface area contributed by atoms with Gasteiger partial charge in [-0.1, -0.05) is 6.07 Å². The lowest BCUT2D eigenvalue weighted by molar-refractivity contribution is 0.0694. The van der Waals surface area contributed by atoms with Crippen molar-refractivity contribution in [1.29, 1.82) is 5.26 Å². The van der Waals surface area contributed by atoms with E-state index in [4.69, 9.17) is 10.00 Å². The maximum atomic E-state index is 11.2. The Hall–Kier alpha value is -1.59. The van der Waals surface area contributed by atoms with E-state index in [0.717, 1.165) is 3.57 Å². The zero-order valence-corrected chi connectivity index (χ0v) is 13.7. The van der Waals surface area contributed by atoms with Crippen molar-refractivity contribution in [3.8, 4) is 17.6 Å². The average Bonchev–Trinajstić information content (AvgIpc) is 2.41. The van der Waals surface area contributed by atoms with Gasteiger partial charge >= 0.3 is 5.97 Å². The van der Waals surface area contributed by atoms with Crippen LogP contribution in [0.25, 0.3) is 0 Å². The summed E-state index contributed by atoms with van der Waals surface area (Å²) in [6.07, 6.45) is 0. The van der Waals surface area contributed by atoms with Gasteiger partial charge in [0.2, 0.25) is 0 Å². The van der Waals surface area contributed by atoms with Crippen molar-refractivity contribution in [3.63, 3.8) is 0 Å². The van der Waals surface area contributed by atoms with Gasteiger partial charge in [-0.05, 0) is 68.9 Å². The van der Waals surface area contributed by atoms with Crippen LogP contribution in [0, 0.1) is 14.9 Å². The van der Waals surface area contributed by atoms with Crippen molar-refractivity contribution >= 4 is 44.5 Å². The molecule has 0 fully saturated rings. The number of carbonyl (C=O) groups is 1. The van der Waals surface area contributed by atoms with Gasteiger partial charge in [-0.2, -0.15) is 5.26 Å². The Morgan fingerprint density at radius 1 is 1.30 bits per heavy atom. The fraction of sp³-hybridized carbons (Fsp3) is 0. The van der Waals surface area contributed by atoms with Gasteiger partial charge in [0.1, 0.15) is 28.7 Å². The van der Waals surface area contributed by atoms with Crippen LogP contribution in [0.5, 0.6) is 11.5 Å². The number of nitriles is 1. The van der Waals surface area contributed by atoms with Crippen molar-refractivity contribution in [2.75, 3.05) is 0 Å². The van der Waals surface area contributed by atoms with Crippen molar-refractivity contribution in [3.05, 3.63) is 55.6 Å². The Kier molecular flexibility index (Phi) is 4.62. The normalized spacial score (nSPS) is 9.85. The second-order valence-corrected chi connectivity index (χ2v) is 5.87. The van der Waals surface area contributed by atoms with Crippen LogP contribution in [0.1, 0.15) is 15.9 Å². The van der Waals surface area contributed by atoms with Crippen LogP contribution in [0.2, 0.25) is 0 Å². The molecule has 1 N–H and O–H groups in total. The fourth-order valence-electron chi connectivity index (χ4n) is 1.57. The highest BCUT2D eigenvalue weighted by Crippen LogP contribution is 2.32. The molecule has 0 heterocycles. The summed E-state index contributed by atoms with van der Waals surface area (Å²) in [7, 11) is 0.